The summed E-state index contributed by atoms with van der Waals surface area (Å²) in [5.41, 5.74) is 20.4. The first kappa shape index (κ1) is 115. The van der Waals surface area contributed by atoms with E-state index in [1.165, 1.54) is 34.4 Å². The van der Waals surface area contributed by atoms with E-state index in [0.29, 0.717) is 73.5 Å². The van der Waals surface area contributed by atoms with Gasteiger partial charge in [0.25, 0.3) is 0 Å². The number of hydrogen-bond acceptors (Lipinski definition) is 8. The number of rotatable bonds is 22. The fraction of sp³-hybridized carbons (Fsp3) is 0.159. The molecule has 0 bridgehead atoms. The summed E-state index contributed by atoms with van der Waals surface area (Å²) in [6.45, 7) is 32.0. The molecule has 0 aliphatic heterocycles. The zero-order valence-electron chi connectivity index (χ0n) is 82.0. The van der Waals surface area contributed by atoms with Gasteiger partial charge >= 0.3 is 52.4 Å². The van der Waals surface area contributed by atoms with Crippen LogP contribution in [-0.2, 0) is 89.4 Å². The second-order valence-corrected chi connectivity index (χ2v) is 36.1. The van der Waals surface area contributed by atoms with E-state index < -0.39 is 10.8 Å². The topological polar surface area (TPSA) is 105 Å². The fourth-order valence-electron chi connectivity index (χ4n) is 15.8. The third kappa shape index (κ3) is 36.7. The molecule has 0 spiro atoms. The SMILES string of the molecule is Cc1cc(CN(C)CCN(C)Cc2cc(Cl)cc(Cl)c2[O-])c([O-])c(C(c2ccccc2)(c2ccccc2)c2ccccc2)c1.Cc1cc(CN(C)CCN(C)Cc2cc(Cl)cc(Cl)c2[O-])c([O-])c(C(c2ccccc2)(c2ccccc2)c2ccccc2)c1.Cc1ccc(C)cc1.Cc1ccccc1.Cc1ccccc1.[CH2-]c1ccccc1.[CH2-]c1ccccc1.[CH2-]c1ccccc1.[CH2-]c1ccccc1.[Zr+4].[Zr+4]. The second-order valence-electron chi connectivity index (χ2n) is 34.4. The molecule has 0 fully saturated rings. The Morgan fingerprint density at radius 3 is 0.557 bits per heavy atom. The Labute approximate surface area is 893 Å². The van der Waals surface area contributed by atoms with E-state index in [-0.39, 0.29) is 85.5 Å². The Kier molecular flexibility index (Phi) is 50.2. The molecule has 0 N–H and O–H groups in total. The van der Waals surface area contributed by atoms with Crippen LogP contribution in [0.15, 0.2) is 437 Å². The largest absolute Gasteiger partial charge is 4.00 e. The van der Waals surface area contributed by atoms with Crippen molar-refractivity contribution in [3.05, 3.63) is 607 Å². The molecule has 14 heteroatoms. The Morgan fingerprint density at radius 1 is 0.214 bits per heavy atom. The number of aryl methyl sites for hydroxylation is 6. The normalized spacial score (nSPS) is 10.5. The van der Waals surface area contributed by atoms with Crippen molar-refractivity contribution in [3.63, 3.8) is 0 Å². The van der Waals surface area contributed by atoms with Crippen LogP contribution in [0.5, 0.6) is 23.0 Å². The molecule has 710 valence electrons. The van der Waals surface area contributed by atoms with Crippen molar-refractivity contribution in [2.75, 3.05) is 54.4 Å². The summed E-state index contributed by atoms with van der Waals surface area (Å²) >= 11 is 24.4. The first-order valence-electron chi connectivity index (χ1n) is 46.1. The Hall–Kier alpha value is -11.8. The van der Waals surface area contributed by atoms with Gasteiger partial charge in [-0.2, -0.15) is 98.5 Å². The van der Waals surface area contributed by atoms with E-state index in [4.69, 9.17) is 46.4 Å². The van der Waals surface area contributed by atoms with Crippen LogP contribution in [0.2, 0.25) is 20.1 Å². The maximum Gasteiger partial charge on any atom is 4.00 e. The molecule has 0 radical (unpaired) electrons. The molecule has 0 heterocycles. The maximum atomic E-state index is 14.6. The van der Waals surface area contributed by atoms with Gasteiger partial charge in [0.15, 0.2) is 0 Å². The first-order chi connectivity index (χ1) is 66.5. The van der Waals surface area contributed by atoms with Crippen LogP contribution < -0.4 is 20.4 Å². The van der Waals surface area contributed by atoms with E-state index in [1.54, 1.807) is 12.1 Å². The summed E-state index contributed by atoms with van der Waals surface area (Å²) in [7, 11) is 7.95. The molecule has 17 rings (SSSR count). The zero-order valence-corrected chi connectivity index (χ0v) is 89.9. The molecule has 0 aromatic heterocycles. The standard InChI is InChI=1S/2C38H38Cl2N2O2.C8H10.2C7H8.4C7H7.2Zr/c2*1-27-21-28(25-41(2)19-20-42(3)26-29-23-33(39)24-35(40)37(29)44)36(43)34(22-27)38(30-13-7-4-8-14-30,31-15-9-5-10-16-31)32-17-11-6-12-18-32;1-7-3-5-8(2)6-4-7;6*1-7-5-3-2-4-6-7;;/h2*4-18,21-24,43-44H,19-20,25-26H2,1-3H3;3-6H,1-2H3;2*2-6H,1H3;4*2-6H,1H2;;/q;;;;;4*-1;2*+4/p-4. The summed E-state index contributed by atoms with van der Waals surface area (Å²) in [6, 6.07) is 145. The van der Waals surface area contributed by atoms with Crippen molar-refractivity contribution in [3.8, 4) is 23.0 Å². The van der Waals surface area contributed by atoms with Crippen molar-refractivity contribution in [2.24, 2.45) is 0 Å². The minimum atomic E-state index is -0.797. The minimum absolute atomic E-state index is 0. The summed E-state index contributed by atoms with van der Waals surface area (Å²) < 4.78 is 0. The molecule has 0 saturated heterocycles. The Balaban J connectivity index is 0.000000251. The first-order valence-corrected chi connectivity index (χ1v) is 47.6. The molecular formula is C126H126Cl4N4O4Zr2. The van der Waals surface area contributed by atoms with Crippen LogP contribution in [0.1, 0.15) is 122 Å². The van der Waals surface area contributed by atoms with Gasteiger partial charge in [0.1, 0.15) is 0 Å². The average molecular weight is 2080 g/mol. The van der Waals surface area contributed by atoms with Crippen molar-refractivity contribution < 1.29 is 72.8 Å². The van der Waals surface area contributed by atoms with Gasteiger partial charge in [0.05, 0.1) is 10.8 Å². The van der Waals surface area contributed by atoms with Gasteiger partial charge in [-0.3, -0.25) is 0 Å². The van der Waals surface area contributed by atoms with Crippen LogP contribution >= 0.6 is 46.4 Å². The molecule has 0 atom stereocenters. The van der Waals surface area contributed by atoms with Crippen LogP contribution in [0.3, 0.4) is 0 Å². The van der Waals surface area contributed by atoms with Gasteiger partial charge in [-0.25, -0.2) is 0 Å². The van der Waals surface area contributed by atoms with Crippen molar-refractivity contribution in [1.82, 2.24) is 19.6 Å². The van der Waals surface area contributed by atoms with Crippen LogP contribution in [0, 0.1) is 69.2 Å². The summed E-state index contributed by atoms with van der Waals surface area (Å²) in [5, 5.41) is 55.3. The number of nitrogens with zero attached hydrogens (tertiary/aromatic N) is 4. The third-order valence-electron chi connectivity index (χ3n) is 22.8. The van der Waals surface area contributed by atoms with Crippen molar-refractivity contribution >= 4 is 46.4 Å². The molecule has 0 amide bonds. The molecule has 0 aliphatic rings. The molecule has 0 saturated carbocycles. The van der Waals surface area contributed by atoms with Crippen LogP contribution in [0.4, 0.5) is 0 Å². The molecule has 17 aromatic rings. The Bertz CT molecular complexity index is 5580. The van der Waals surface area contributed by atoms with Crippen molar-refractivity contribution in [2.45, 2.75) is 78.6 Å². The molecular weight excluding hydrogens is 1960 g/mol. The quantitative estimate of drug-likeness (QED) is 0.0488. The molecule has 0 aliphatic carbocycles. The number of benzene rings is 17. The van der Waals surface area contributed by atoms with Gasteiger partial charge < -0.3 is 40.0 Å². The van der Waals surface area contributed by atoms with Crippen LogP contribution in [0.25, 0.3) is 0 Å². The fourth-order valence-corrected chi connectivity index (χ4v) is 16.9. The minimum Gasteiger partial charge on any atom is -0.872 e. The molecule has 17 aromatic carbocycles. The molecule has 0 unspecified atom stereocenters. The molecule has 140 heavy (non-hydrogen) atoms. The van der Waals surface area contributed by atoms with E-state index in [1.807, 2.05) is 307 Å². The molecule has 8 nitrogen and oxygen atoms in total. The van der Waals surface area contributed by atoms with E-state index >= 15 is 0 Å². The van der Waals surface area contributed by atoms with E-state index in [9.17, 15) is 20.4 Å². The van der Waals surface area contributed by atoms with E-state index in [2.05, 4.69) is 222 Å². The number of halogens is 4. The van der Waals surface area contributed by atoms with Gasteiger partial charge in [-0.05, 0) is 161 Å². The smallest absolute Gasteiger partial charge is 0.872 e. The second kappa shape index (κ2) is 61.0. The maximum absolute atomic E-state index is 14.6. The summed E-state index contributed by atoms with van der Waals surface area (Å²) in [4.78, 5) is 8.42. The summed E-state index contributed by atoms with van der Waals surface area (Å²) in [5.74, 6) is -0.314. The third-order valence-corrected chi connectivity index (χ3v) is 23.8. The summed E-state index contributed by atoms with van der Waals surface area (Å²) in [6.07, 6.45) is 0. The van der Waals surface area contributed by atoms with Gasteiger partial charge in [-0.15, -0.1) is 48.5 Å². The number of hydrogen-bond donors (Lipinski definition) is 0. The monoisotopic (exact) mass is 2080 g/mol. The average Bonchev–Trinajstić information content (AvgIpc) is 0.728. The predicted molar refractivity (Wildman–Crippen MR) is 577 cm³/mol. The van der Waals surface area contributed by atoms with Gasteiger partial charge in [-0.1, -0.05) is 418 Å². The van der Waals surface area contributed by atoms with E-state index in [0.717, 1.165) is 89.0 Å². The zero-order chi connectivity index (χ0) is 99.2. The van der Waals surface area contributed by atoms with Gasteiger partial charge in [0.2, 0.25) is 0 Å². The van der Waals surface area contributed by atoms with Crippen molar-refractivity contribution in [1.29, 1.82) is 0 Å². The predicted octanol–water partition coefficient (Wildman–Crippen LogP) is 28.6. The van der Waals surface area contributed by atoms with Crippen LogP contribution in [-0.4, -0.2) is 74.0 Å². The Morgan fingerprint density at radius 2 is 0.386 bits per heavy atom. The van der Waals surface area contributed by atoms with Gasteiger partial charge in [0, 0.05) is 72.4 Å². The number of likely N-dealkylation sites (N-methyl/N-ethyl adjacent to an activating group) is 4.